The molecule has 0 spiro atoms. The lowest BCUT2D eigenvalue weighted by molar-refractivity contribution is -0.117. The number of amides is 1. The monoisotopic (exact) mass is 240 g/mol. The van der Waals surface area contributed by atoms with Crippen LogP contribution in [0.25, 0.3) is 0 Å². The molecule has 0 fully saturated rings. The number of ether oxygens (including phenoxy) is 1. The van der Waals surface area contributed by atoms with E-state index in [-0.39, 0.29) is 5.91 Å². The average molecular weight is 240 g/mol. The lowest BCUT2D eigenvalue weighted by atomic mass is 10.2. The molecule has 0 saturated carbocycles. The Kier molecular flexibility index (Phi) is 5.65. The van der Waals surface area contributed by atoms with Gasteiger partial charge in [0.1, 0.15) is 0 Å². The number of methoxy groups -OCH3 is 1. The first-order chi connectivity index (χ1) is 8.17. The number of anilines is 1. The van der Waals surface area contributed by atoms with Gasteiger partial charge in [0.2, 0.25) is 5.91 Å². The smallest absolute Gasteiger partial charge is 0.241 e. The highest BCUT2D eigenvalue weighted by Crippen LogP contribution is 2.06. The van der Waals surface area contributed by atoms with Gasteiger partial charge < -0.3 is 15.8 Å². The zero-order chi connectivity index (χ0) is 12.7. The van der Waals surface area contributed by atoms with Gasteiger partial charge in [0.25, 0.3) is 0 Å². The van der Waals surface area contributed by atoms with Gasteiger partial charge in [-0.25, -0.2) is 0 Å². The molecule has 6 heteroatoms. The summed E-state index contributed by atoms with van der Waals surface area (Å²) in [5, 5.41) is 6.83. The van der Waals surface area contributed by atoms with E-state index >= 15 is 0 Å². The summed E-state index contributed by atoms with van der Waals surface area (Å²) in [6.07, 6.45) is 4.94. The maximum absolute atomic E-state index is 11.6. The third kappa shape index (κ3) is 4.54. The van der Waals surface area contributed by atoms with Crippen LogP contribution in [0.15, 0.2) is 12.4 Å². The van der Waals surface area contributed by atoms with Gasteiger partial charge in [-0.3, -0.25) is 9.48 Å². The standard InChI is InChI=1S/C11H20N4O2/c1-3-4-10(12)11(16)14-9-7-13-15(8-9)5-6-17-2/h7-8,10H,3-6,12H2,1-2H3,(H,14,16)/t10-/m0/s1. The first-order valence-corrected chi connectivity index (χ1v) is 5.75. The SMILES string of the molecule is CCC[C@H](N)C(=O)Nc1cnn(CCOC)c1. The summed E-state index contributed by atoms with van der Waals surface area (Å²) in [5.74, 6) is -0.168. The molecule has 1 aromatic heterocycles. The third-order valence-corrected chi connectivity index (χ3v) is 2.36. The van der Waals surface area contributed by atoms with E-state index < -0.39 is 6.04 Å². The van der Waals surface area contributed by atoms with Crippen LogP contribution in [0.5, 0.6) is 0 Å². The van der Waals surface area contributed by atoms with Crippen molar-refractivity contribution in [1.29, 1.82) is 0 Å². The minimum atomic E-state index is -0.456. The number of rotatable bonds is 7. The lowest BCUT2D eigenvalue weighted by Crippen LogP contribution is -2.35. The molecular weight excluding hydrogens is 220 g/mol. The Morgan fingerprint density at radius 2 is 2.47 bits per heavy atom. The summed E-state index contributed by atoms with van der Waals surface area (Å²) in [6, 6.07) is -0.456. The van der Waals surface area contributed by atoms with Gasteiger partial charge in [0, 0.05) is 13.3 Å². The summed E-state index contributed by atoms with van der Waals surface area (Å²) in [7, 11) is 1.63. The van der Waals surface area contributed by atoms with Crippen molar-refractivity contribution in [3.8, 4) is 0 Å². The normalized spacial score (nSPS) is 12.4. The molecule has 1 heterocycles. The van der Waals surface area contributed by atoms with Crippen molar-refractivity contribution >= 4 is 11.6 Å². The molecule has 1 atom stereocenters. The number of aromatic nitrogens is 2. The number of nitrogens with two attached hydrogens (primary N) is 1. The van der Waals surface area contributed by atoms with Gasteiger partial charge in [-0.15, -0.1) is 0 Å². The van der Waals surface area contributed by atoms with E-state index in [0.717, 1.165) is 6.42 Å². The Morgan fingerprint density at radius 1 is 1.71 bits per heavy atom. The number of carbonyl (C=O) groups excluding carboxylic acids is 1. The van der Waals surface area contributed by atoms with E-state index in [0.29, 0.717) is 25.3 Å². The zero-order valence-electron chi connectivity index (χ0n) is 10.3. The summed E-state index contributed by atoms with van der Waals surface area (Å²) >= 11 is 0. The molecule has 0 aliphatic rings. The maximum atomic E-state index is 11.6. The molecule has 3 N–H and O–H groups in total. The van der Waals surface area contributed by atoms with Gasteiger partial charge >= 0.3 is 0 Å². The Balaban J connectivity index is 2.45. The van der Waals surface area contributed by atoms with E-state index in [2.05, 4.69) is 10.4 Å². The van der Waals surface area contributed by atoms with Crippen LogP contribution in [0.3, 0.4) is 0 Å². The molecule has 1 rings (SSSR count). The Morgan fingerprint density at radius 3 is 3.12 bits per heavy atom. The first-order valence-electron chi connectivity index (χ1n) is 5.75. The van der Waals surface area contributed by atoms with Crippen LogP contribution in [0.4, 0.5) is 5.69 Å². The van der Waals surface area contributed by atoms with Crippen LogP contribution in [-0.2, 0) is 16.1 Å². The highest BCUT2D eigenvalue weighted by atomic mass is 16.5. The highest BCUT2D eigenvalue weighted by molar-refractivity contribution is 5.94. The number of carbonyl (C=O) groups is 1. The van der Waals surface area contributed by atoms with E-state index in [1.807, 2.05) is 6.92 Å². The van der Waals surface area contributed by atoms with Crippen LogP contribution in [0, 0.1) is 0 Å². The predicted molar refractivity (Wildman–Crippen MR) is 65.6 cm³/mol. The Hall–Kier alpha value is -1.40. The molecular formula is C11H20N4O2. The van der Waals surface area contributed by atoms with Crippen molar-refractivity contribution in [2.24, 2.45) is 5.73 Å². The number of nitrogens with one attached hydrogen (secondary N) is 1. The quantitative estimate of drug-likeness (QED) is 0.731. The number of hydrogen-bond acceptors (Lipinski definition) is 4. The van der Waals surface area contributed by atoms with Gasteiger partial charge in [0.05, 0.1) is 31.1 Å². The van der Waals surface area contributed by atoms with E-state index in [9.17, 15) is 4.79 Å². The van der Waals surface area contributed by atoms with Crippen molar-refractivity contribution in [2.45, 2.75) is 32.4 Å². The van der Waals surface area contributed by atoms with Crippen molar-refractivity contribution in [2.75, 3.05) is 19.0 Å². The molecule has 0 aliphatic heterocycles. The van der Waals surface area contributed by atoms with Crippen molar-refractivity contribution in [1.82, 2.24) is 9.78 Å². The minimum absolute atomic E-state index is 0.168. The molecule has 0 aliphatic carbocycles. The largest absolute Gasteiger partial charge is 0.383 e. The molecule has 0 unspecified atom stereocenters. The number of hydrogen-bond donors (Lipinski definition) is 2. The fourth-order valence-electron chi connectivity index (χ4n) is 1.41. The van der Waals surface area contributed by atoms with Gasteiger partial charge in [0.15, 0.2) is 0 Å². The summed E-state index contributed by atoms with van der Waals surface area (Å²) < 4.78 is 6.65. The summed E-state index contributed by atoms with van der Waals surface area (Å²) in [5.41, 5.74) is 6.37. The molecule has 1 amide bonds. The van der Waals surface area contributed by atoms with Crippen molar-refractivity contribution in [3.63, 3.8) is 0 Å². The molecule has 96 valence electrons. The second-order valence-corrected chi connectivity index (χ2v) is 3.87. The van der Waals surface area contributed by atoms with Gasteiger partial charge in [-0.1, -0.05) is 13.3 Å². The van der Waals surface area contributed by atoms with Crippen LogP contribution in [0.2, 0.25) is 0 Å². The molecule has 6 nitrogen and oxygen atoms in total. The summed E-state index contributed by atoms with van der Waals surface area (Å²) in [6.45, 7) is 3.24. The zero-order valence-corrected chi connectivity index (χ0v) is 10.3. The number of nitrogens with zero attached hydrogens (tertiary/aromatic N) is 2. The second-order valence-electron chi connectivity index (χ2n) is 3.87. The highest BCUT2D eigenvalue weighted by Gasteiger charge is 2.12. The van der Waals surface area contributed by atoms with E-state index in [4.69, 9.17) is 10.5 Å². The molecule has 0 aromatic carbocycles. The van der Waals surface area contributed by atoms with Crippen LogP contribution in [-0.4, -0.2) is 35.4 Å². The van der Waals surface area contributed by atoms with Crippen molar-refractivity contribution < 1.29 is 9.53 Å². The third-order valence-electron chi connectivity index (χ3n) is 2.36. The summed E-state index contributed by atoms with van der Waals surface area (Å²) in [4.78, 5) is 11.6. The minimum Gasteiger partial charge on any atom is -0.383 e. The van der Waals surface area contributed by atoms with Crippen molar-refractivity contribution in [3.05, 3.63) is 12.4 Å². The molecule has 0 saturated heterocycles. The lowest BCUT2D eigenvalue weighted by Gasteiger charge is -2.09. The first kappa shape index (κ1) is 13.7. The second kappa shape index (κ2) is 7.03. The van der Waals surface area contributed by atoms with Crippen LogP contribution in [0.1, 0.15) is 19.8 Å². The topological polar surface area (TPSA) is 82.2 Å². The molecule has 0 radical (unpaired) electrons. The average Bonchev–Trinajstić information content (AvgIpc) is 2.74. The van der Waals surface area contributed by atoms with Gasteiger partial charge in [-0.2, -0.15) is 5.10 Å². The fraction of sp³-hybridized carbons (Fsp3) is 0.636. The Labute approximate surface area is 101 Å². The Bertz CT molecular complexity index is 351. The fourth-order valence-corrected chi connectivity index (χ4v) is 1.41. The van der Waals surface area contributed by atoms with Crippen LogP contribution < -0.4 is 11.1 Å². The van der Waals surface area contributed by atoms with Gasteiger partial charge in [-0.05, 0) is 6.42 Å². The van der Waals surface area contributed by atoms with E-state index in [1.54, 1.807) is 24.2 Å². The van der Waals surface area contributed by atoms with E-state index in [1.165, 1.54) is 0 Å². The molecule has 1 aromatic rings. The predicted octanol–water partition coefficient (Wildman–Crippen LogP) is 0.595. The maximum Gasteiger partial charge on any atom is 0.241 e. The molecule has 0 bridgehead atoms. The van der Waals surface area contributed by atoms with Crippen LogP contribution >= 0.6 is 0 Å². The molecule has 17 heavy (non-hydrogen) atoms.